The van der Waals surface area contributed by atoms with E-state index in [1.165, 1.54) is 0 Å². The molecule has 8 aromatic rings. The fourth-order valence-electron chi connectivity index (χ4n) is 9.48. The molecule has 1 N–H and O–H groups in total. The maximum Gasteiger partial charge on any atom is 0.177 e. The van der Waals surface area contributed by atoms with Gasteiger partial charge in [0.2, 0.25) is 0 Å². The zero-order valence-corrected chi connectivity index (χ0v) is 38.9. The molecule has 0 saturated heterocycles. The van der Waals surface area contributed by atoms with Crippen LogP contribution in [0.2, 0.25) is 0 Å². The summed E-state index contributed by atoms with van der Waals surface area (Å²) < 4.78 is 6.06. The zero-order chi connectivity index (χ0) is 41.7. The van der Waals surface area contributed by atoms with E-state index in [-0.39, 0.29) is 0 Å². The molecule has 8 aromatic carbocycles. The van der Waals surface area contributed by atoms with Crippen LogP contribution in [0.3, 0.4) is 0 Å². The first-order chi connectivity index (χ1) is 29.3. The van der Waals surface area contributed by atoms with E-state index >= 15 is 5.11 Å². The van der Waals surface area contributed by atoms with Crippen molar-refractivity contribution in [2.45, 2.75) is 29.0 Å². The third-order valence-corrected chi connectivity index (χ3v) is 15.2. The Morgan fingerprint density at radius 3 is 0.783 bits per heavy atom. The van der Waals surface area contributed by atoms with Gasteiger partial charge >= 0.3 is 0 Å². The normalized spacial score (nSPS) is 13.4. The first-order valence-corrected chi connectivity index (χ1v) is 23.2. The van der Waals surface area contributed by atoms with Crippen molar-refractivity contribution in [1.82, 2.24) is 0 Å². The third-order valence-electron chi connectivity index (χ3n) is 11.8. The molecular formula is C54H42Br4O2. The summed E-state index contributed by atoms with van der Waals surface area (Å²) in [5, 5.41) is 15.6. The molecule has 0 spiro atoms. The van der Waals surface area contributed by atoms with Gasteiger partial charge in [0.25, 0.3) is 0 Å². The lowest BCUT2D eigenvalue weighted by molar-refractivity contribution is -0.180. The highest BCUT2D eigenvalue weighted by molar-refractivity contribution is 9.25. The second-order valence-corrected chi connectivity index (χ2v) is 21.3. The molecule has 1 unspecified atom stereocenters. The molecule has 0 saturated carbocycles. The molecule has 0 aliphatic rings. The molecule has 2 nitrogen and oxygen atoms in total. The molecule has 6 heteroatoms. The smallest absolute Gasteiger partial charge is 0.177 e. The Morgan fingerprint density at radius 2 is 0.550 bits per heavy atom. The number of hydrogen-bond donors (Lipinski definition) is 1. The van der Waals surface area contributed by atoms with E-state index in [2.05, 4.69) is 209 Å². The van der Waals surface area contributed by atoms with Crippen molar-refractivity contribution < 1.29 is 9.84 Å². The molecule has 0 heterocycles. The summed E-state index contributed by atoms with van der Waals surface area (Å²) in [5.41, 5.74) is -0.660. The Bertz CT molecular complexity index is 2240. The summed E-state index contributed by atoms with van der Waals surface area (Å²) in [6.07, 6.45) is 0. The fraction of sp³-hybridized carbons (Fsp3) is 0.111. The van der Waals surface area contributed by atoms with Gasteiger partial charge in [-0.05, 0) is 51.1 Å². The summed E-state index contributed by atoms with van der Waals surface area (Å²) >= 11 is 16.9. The molecule has 0 fully saturated rings. The SMILES string of the molecule is OC(C(Br)Br)(C(Br)(Br)c1ccccc1)C(Oc1ccccc1)(C(c1ccccc1)(c1ccccc1)c1ccccc1)C(c1ccccc1)(c1ccccc1)c1ccccc1. The topological polar surface area (TPSA) is 29.5 Å². The van der Waals surface area contributed by atoms with Crippen LogP contribution in [0.4, 0.5) is 0 Å². The van der Waals surface area contributed by atoms with Gasteiger partial charge in [0, 0.05) is 0 Å². The minimum atomic E-state index is -2.10. The van der Waals surface area contributed by atoms with Crippen LogP contribution in [0.15, 0.2) is 243 Å². The van der Waals surface area contributed by atoms with Gasteiger partial charge in [-0.1, -0.05) is 294 Å². The number of hydrogen-bond acceptors (Lipinski definition) is 2. The molecule has 60 heavy (non-hydrogen) atoms. The van der Waals surface area contributed by atoms with Crippen LogP contribution in [-0.4, -0.2) is 20.0 Å². The first kappa shape index (κ1) is 42.1. The second kappa shape index (κ2) is 17.8. The maximum absolute atomic E-state index is 15.6. The van der Waals surface area contributed by atoms with E-state index in [0.29, 0.717) is 5.75 Å². The molecule has 8 rings (SSSR count). The number of alkyl halides is 4. The van der Waals surface area contributed by atoms with E-state index in [9.17, 15) is 0 Å². The molecular weight excluding hydrogens is 1000 g/mol. The highest BCUT2D eigenvalue weighted by Crippen LogP contribution is 2.71. The van der Waals surface area contributed by atoms with Crippen LogP contribution in [0.25, 0.3) is 0 Å². The zero-order valence-electron chi connectivity index (χ0n) is 32.5. The molecule has 0 radical (unpaired) electrons. The minimum absolute atomic E-state index is 0.555. The second-order valence-electron chi connectivity index (χ2n) is 14.8. The van der Waals surface area contributed by atoms with Gasteiger partial charge < -0.3 is 9.84 Å². The van der Waals surface area contributed by atoms with Crippen molar-refractivity contribution in [1.29, 1.82) is 0 Å². The molecule has 1 atom stereocenters. The van der Waals surface area contributed by atoms with Gasteiger partial charge in [-0.3, -0.25) is 0 Å². The number of halogens is 4. The minimum Gasteiger partial charge on any atom is -0.481 e. The summed E-state index contributed by atoms with van der Waals surface area (Å²) in [5.74, 6) is 0.555. The molecule has 0 aromatic heterocycles. The predicted molar refractivity (Wildman–Crippen MR) is 261 cm³/mol. The maximum atomic E-state index is 15.6. The number of benzene rings is 8. The Labute approximate surface area is 386 Å². The van der Waals surface area contributed by atoms with E-state index in [1.54, 1.807) is 0 Å². The van der Waals surface area contributed by atoms with E-state index < -0.39 is 29.0 Å². The first-order valence-electron chi connectivity index (χ1n) is 19.8. The van der Waals surface area contributed by atoms with Crippen LogP contribution in [0.1, 0.15) is 38.9 Å². The Hall–Kier alpha value is -4.56. The van der Waals surface area contributed by atoms with Crippen molar-refractivity contribution in [2.24, 2.45) is 0 Å². The van der Waals surface area contributed by atoms with Crippen LogP contribution in [0, 0.1) is 0 Å². The molecule has 0 bridgehead atoms. The molecule has 0 aliphatic carbocycles. The van der Waals surface area contributed by atoms with Crippen LogP contribution in [-0.2, 0) is 14.1 Å². The highest BCUT2D eigenvalue weighted by atomic mass is 79.9. The number of ether oxygens (including phenoxy) is 1. The van der Waals surface area contributed by atoms with Crippen molar-refractivity contribution in [3.05, 3.63) is 282 Å². The Kier molecular flexibility index (Phi) is 12.5. The standard InChI is InChI=1S/C54H42Br4O2/c55-49(56)52(59,53(57,58)47-37-21-7-22-38-47)54(60-48-39-23-8-24-40-48,50(41-25-9-1-10-26-41,42-27-11-2-12-28-42)43-29-13-3-14-30-43)51(44-31-15-4-16-32-44,45-33-17-5-18-34-45)46-35-19-6-20-36-46/h1-40,49,59H. The van der Waals surface area contributed by atoms with Crippen LogP contribution in [0.5, 0.6) is 5.75 Å². The van der Waals surface area contributed by atoms with Crippen molar-refractivity contribution in [3.8, 4) is 5.75 Å². The van der Waals surface area contributed by atoms with Crippen molar-refractivity contribution in [2.75, 3.05) is 0 Å². The van der Waals surface area contributed by atoms with Gasteiger partial charge in [-0.15, -0.1) is 0 Å². The number of aliphatic hydroxyl groups is 1. The third kappa shape index (κ3) is 6.67. The van der Waals surface area contributed by atoms with E-state index in [4.69, 9.17) is 4.74 Å². The van der Waals surface area contributed by atoms with Gasteiger partial charge in [0.15, 0.2) is 11.2 Å². The molecule has 0 aliphatic heterocycles. The van der Waals surface area contributed by atoms with Crippen LogP contribution < -0.4 is 4.74 Å². The monoisotopic (exact) mass is 1040 g/mol. The quantitative estimate of drug-likeness (QED) is 0.0869. The average molecular weight is 1040 g/mol. The Morgan fingerprint density at radius 1 is 0.333 bits per heavy atom. The Balaban J connectivity index is 1.82. The van der Waals surface area contributed by atoms with Gasteiger partial charge in [-0.2, -0.15) is 0 Å². The number of rotatable bonds is 14. The summed E-state index contributed by atoms with van der Waals surface area (Å²) in [6.45, 7) is 0. The average Bonchev–Trinajstić information content (AvgIpc) is 3.31. The van der Waals surface area contributed by atoms with Gasteiger partial charge in [-0.25, -0.2) is 0 Å². The van der Waals surface area contributed by atoms with Crippen LogP contribution >= 0.6 is 63.7 Å². The van der Waals surface area contributed by atoms with Crippen molar-refractivity contribution in [3.63, 3.8) is 0 Å². The number of para-hydroxylation sites is 1. The predicted octanol–water partition coefficient (Wildman–Crippen LogP) is 14.4. The summed E-state index contributed by atoms with van der Waals surface area (Å²) in [6, 6.07) is 83.0. The summed E-state index contributed by atoms with van der Waals surface area (Å²) in [7, 11) is 0. The van der Waals surface area contributed by atoms with Crippen molar-refractivity contribution >= 4 is 63.7 Å². The van der Waals surface area contributed by atoms with Gasteiger partial charge in [0.1, 0.15) is 12.7 Å². The van der Waals surface area contributed by atoms with Gasteiger partial charge in [0.05, 0.1) is 10.8 Å². The lowest BCUT2D eigenvalue weighted by Gasteiger charge is -2.68. The van der Waals surface area contributed by atoms with E-state index in [1.807, 2.05) is 97.1 Å². The largest absolute Gasteiger partial charge is 0.481 e. The lowest BCUT2D eigenvalue weighted by atomic mass is 9.41. The lowest BCUT2D eigenvalue weighted by Crippen LogP contribution is -2.83. The molecule has 298 valence electrons. The fourth-order valence-corrected chi connectivity index (χ4v) is 13.6. The summed E-state index contributed by atoms with van der Waals surface area (Å²) in [4.78, 5) is 0. The molecule has 0 amide bonds. The van der Waals surface area contributed by atoms with E-state index in [0.717, 1.165) is 38.9 Å². The highest BCUT2D eigenvalue weighted by Gasteiger charge is 2.82.